The third kappa shape index (κ3) is 17.3. The van der Waals surface area contributed by atoms with Crippen LogP contribution in [0, 0.1) is 6.92 Å². The average molecular weight is 1010 g/mol. The predicted molar refractivity (Wildman–Crippen MR) is 301 cm³/mol. The summed E-state index contributed by atoms with van der Waals surface area (Å²) < 4.78 is 44.4. The lowest BCUT2D eigenvalue weighted by molar-refractivity contribution is 0.00322. The van der Waals surface area contributed by atoms with Crippen molar-refractivity contribution in [2.75, 3.05) is 107 Å². The topological polar surface area (TPSA) is 73.8 Å². The zero-order valence-corrected chi connectivity index (χ0v) is 46.3. The number of fused-ring (bicyclic) bond motifs is 6. The number of hydrogen-bond acceptors (Lipinski definition) is 8. The van der Waals surface area contributed by atoms with Gasteiger partial charge in [0, 0.05) is 38.3 Å². The molecule has 4 aromatic rings. The van der Waals surface area contributed by atoms with E-state index in [1.807, 2.05) is 0 Å². The van der Waals surface area contributed by atoms with Crippen molar-refractivity contribution >= 4 is 0 Å². The van der Waals surface area contributed by atoms with Gasteiger partial charge in [-0.1, -0.05) is 176 Å². The van der Waals surface area contributed by atoms with Crippen LogP contribution in [0.15, 0.2) is 78.9 Å². The van der Waals surface area contributed by atoms with Gasteiger partial charge in [0.1, 0.15) is 0 Å². The van der Waals surface area contributed by atoms with Crippen LogP contribution in [-0.2, 0) is 48.7 Å². The molecule has 73 heavy (non-hydrogen) atoms. The van der Waals surface area contributed by atoms with Crippen molar-refractivity contribution in [3.8, 4) is 33.4 Å². The average Bonchev–Trinajstić information content (AvgIpc) is 3.83. The van der Waals surface area contributed by atoms with E-state index in [0.717, 1.165) is 38.9 Å². The lowest BCUT2D eigenvalue weighted by Crippen LogP contribution is -2.26. The van der Waals surface area contributed by atoms with Crippen molar-refractivity contribution in [3.63, 3.8) is 0 Å². The van der Waals surface area contributed by atoms with Crippen LogP contribution < -0.4 is 0 Å². The molecule has 0 aliphatic heterocycles. The molecule has 0 radical (unpaired) electrons. The van der Waals surface area contributed by atoms with Gasteiger partial charge in [0.25, 0.3) is 0 Å². The number of aryl methyl sites for hydroxylation is 1. The minimum atomic E-state index is -0.0375. The number of rotatable bonds is 43. The maximum atomic E-state index is 5.99. The van der Waals surface area contributed by atoms with E-state index < -0.39 is 0 Å². The first-order valence-electron chi connectivity index (χ1n) is 29.0. The molecular formula is C65H96O8. The number of methoxy groups -OCH3 is 2. The Morgan fingerprint density at radius 2 is 0.658 bits per heavy atom. The number of benzene rings is 4. The normalized spacial score (nSPS) is 13.9. The fourth-order valence-corrected chi connectivity index (χ4v) is 11.8. The maximum absolute atomic E-state index is 5.99. The summed E-state index contributed by atoms with van der Waals surface area (Å²) in [5, 5.41) is 0. The van der Waals surface area contributed by atoms with Gasteiger partial charge in [-0.2, -0.15) is 0 Å². The summed E-state index contributed by atoms with van der Waals surface area (Å²) in [6.45, 7) is 15.7. The third-order valence-electron chi connectivity index (χ3n) is 15.7. The van der Waals surface area contributed by atoms with Gasteiger partial charge in [-0.05, 0) is 113 Å². The molecule has 8 nitrogen and oxygen atoms in total. The van der Waals surface area contributed by atoms with Crippen molar-refractivity contribution in [1.29, 1.82) is 0 Å². The summed E-state index contributed by atoms with van der Waals surface area (Å²) in [6, 6.07) is 31.8. The Labute approximate surface area is 442 Å². The van der Waals surface area contributed by atoms with Crippen molar-refractivity contribution in [3.05, 3.63) is 107 Å². The van der Waals surface area contributed by atoms with Crippen LogP contribution >= 0.6 is 0 Å². The molecule has 2 aliphatic rings. The fourth-order valence-electron chi connectivity index (χ4n) is 11.8. The van der Waals surface area contributed by atoms with Crippen LogP contribution in [0.25, 0.3) is 33.4 Å². The van der Waals surface area contributed by atoms with Crippen molar-refractivity contribution in [2.24, 2.45) is 0 Å². The highest BCUT2D eigenvalue weighted by molar-refractivity contribution is 5.87. The van der Waals surface area contributed by atoms with Gasteiger partial charge in [-0.3, -0.25) is 0 Å². The van der Waals surface area contributed by atoms with Crippen molar-refractivity contribution in [1.82, 2.24) is 0 Å². The van der Waals surface area contributed by atoms with Crippen LogP contribution in [0.2, 0.25) is 0 Å². The van der Waals surface area contributed by atoms with Crippen molar-refractivity contribution in [2.45, 2.75) is 160 Å². The lowest BCUT2D eigenvalue weighted by Gasteiger charge is -2.34. The zero-order valence-electron chi connectivity index (χ0n) is 46.3. The molecule has 0 fully saturated rings. The summed E-state index contributed by atoms with van der Waals surface area (Å²) >= 11 is 0. The van der Waals surface area contributed by atoms with Gasteiger partial charge in [-0.25, -0.2) is 0 Å². The number of hydrogen-bond donors (Lipinski definition) is 0. The molecule has 4 aromatic carbocycles. The largest absolute Gasteiger partial charge is 0.382 e. The molecule has 0 aromatic heterocycles. The number of unbranched alkanes of at least 4 members (excludes halogenated alkanes) is 12. The molecule has 2 aliphatic carbocycles. The Morgan fingerprint density at radius 3 is 1.10 bits per heavy atom. The Kier molecular flexibility index (Phi) is 27.0. The first kappa shape index (κ1) is 58.8. The molecule has 0 unspecified atom stereocenters. The number of ether oxygens (including phenoxy) is 8. The fraction of sp³-hybridized carbons (Fsp3) is 0.631. The van der Waals surface area contributed by atoms with E-state index in [1.165, 1.54) is 142 Å². The summed E-state index contributed by atoms with van der Waals surface area (Å²) in [7, 11) is 3.37. The molecule has 404 valence electrons. The van der Waals surface area contributed by atoms with Crippen LogP contribution in [0.1, 0.15) is 170 Å². The molecule has 0 N–H and O–H groups in total. The molecule has 0 saturated carbocycles. The van der Waals surface area contributed by atoms with Gasteiger partial charge in [-0.15, -0.1) is 0 Å². The SMILES string of the molecule is CCCCCCC1(CCCCCC)c2ccccc2-c2ccc(-c3ccc4c(c3)C(CCCCCCOCCOCCOCCOC)(CCCCCCOCCOCCOCCOC)c3cc(C)ccc3-4)cc21. The van der Waals surface area contributed by atoms with Gasteiger partial charge < -0.3 is 37.9 Å². The van der Waals surface area contributed by atoms with Gasteiger partial charge in [0.15, 0.2) is 0 Å². The smallest absolute Gasteiger partial charge is 0.0701 e. The second-order valence-electron chi connectivity index (χ2n) is 20.9. The zero-order chi connectivity index (χ0) is 51.2. The second-order valence-corrected chi connectivity index (χ2v) is 20.9. The minimum absolute atomic E-state index is 0.0375. The Morgan fingerprint density at radius 1 is 0.315 bits per heavy atom. The molecule has 0 saturated heterocycles. The molecule has 0 heterocycles. The summed E-state index contributed by atoms with van der Waals surface area (Å²) in [4.78, 5) is 0. The van der Waals surface area contributed by atoms with Gasteiger partial charge >= 0.3 is 0 Å². The van der Waals surface area contributed by atoms with Gasteiger partial charge in [0.05, 0.1) is 79.3 Å². The predicted octanol–water partition coefficient (Wildman–Crippen LogP) is 15.4. The molecule has 0 spiro atoms. The second kappa shape index (κ2) is 33.6. The van der Waals surface area contributed by atoms with E-state index >= 15 is 0 Å². The first-order chi connectivity index (χ1) is 36.0. The molecule has 6 rings (SSSR count). The third-order valence-corrected chi connectivity index (χ3v) is 15.7. The maximum Gasteiger partial charge on any atom is 0.0701 e. The summed E-state index contributed by atoms with van der Waals surface area (Å²) in [5.74, 6) is 0. The highest BCUT2D eigenvalue weighted by Crippen LogP contribution is 2.57. The lowest BCUT2D eigenvalue weighted by atomic mass is 9.69. The molecular weight excluding hydrogens is 909 g/mol. The summed E-state index contributed by atoms with van der Waals surface area (Å²) in [5.41, 5.74) is 16.1. The standard InChI is InChI=1S/C65H96O8/c1-6-8-10-18-32-64(33-19-11-9-7-2)60-25-17-16-24-56(60)58-30-27-54(51-62(58)64)55-28-31-59-57-29-26-53(3)50-61(57)65(63(59)52-55,34-20-12-14-22-36-68-42-44-72-48-46-70-40-38-66-4)35-21-13-15-23-37-69-43-45-73-49-47-71-41-39-67-5/h16-17,24-31,50-52H,6-15,18-23,32-49H2,1-5H3. The Balaban J connectivity index is 1.18. The van der Waals surface area contributed by atoms with Crippen molar-refractivity contribution < 1.29 is 37.9 Å². The van der Waals surface area contributed by atoms with Crippen LogP contribution in [-0.4, -0.2) is 107 Å². The highest BCUT2D eigenvalue weighted by Gasteiger charge is 2.44. The molecule has 8 heteroatoms. The molecule has 0 amide bonds. The van der Waals surface area contributed by atoms with E-state index in [1.54, 1.807) is 36.5 Å². The van der Waals surface area contributed by atoms with E-state index in [4.69, 9.17) is 37.9 Å². The molecule has 0 atom stereocenters. The highest BCUT2D eigenvalue weighted by atomic mass is 16.6. The Hall–Kier alpha value is -3.44. The minimum Gasteiger partial charge on any atom is -0.382 e. The van der Waals surface area contributed by atoms with E-state index in [2.05, 4.69) is 99.6 Å². The van der Waals surface area contributed by atoms with E-state index in [9.17, 15) is 0 Å². The molecule has 0 bridgehead atoms. The van der Waals surface area contributed by atoms with Gasteiger partial charge in [0.2, 0.25) is 0 Å². The van der Waals surface area contributed by atoms with Crippen LogP contribution in [0.3, 0.4) is 0 Å². The monoisotopic (exact) mass is 1000 g/mol. The van der Waals surface area contributed by atoms with E-state index in [0.29, 0.717) is 79.3 Å². The quantitative estimate of drug-likeness (QED) is 0.0406. The Bertz CT molecular complexity index is 2090. The van der Waals surface area contributed by atoms with Crippen LogP contribution in [0.4, 0.5) is 0 Å². The van der Waals surface area contributed by atoms with E-state index in [-0.39, 0.29) is 10.8 Å². The first-order valence-corrected chi connectivity index (χ1v) is 29.0. The summed E-state index contributed by atoms with van der Waals surface area (Å²) in [6.07, 6.45) is 24.4. The van der Waals surface area contributed by atoms with Crippen LogP contribution in [0.5, 0.6) is 0 Å².